The number of alkyl halides is 8. The third-order valence-corrected chi connectivity index (χ3v) is 6.22. The molecule has 0 aliphatic rings. The molecule has 0 spiro atoms. The van der Waals surface area contributed by atoms with Gasteiger partial charge in [0.05, 0.1) is 26.4 Å². The highest BCUT2D eigenvalue weighted by Gasteiger charge is 2.56. The highest BCUT2D eigenvalue weighted by atomic mass is 32.2. The number of nitrogens with one attached hydrogen (secondary N) is 1. The van der Waals surface area contributed by atoms with Crippen LogP contribution in [0.5, 0.6) is 0 Å². The average molecular weight is 494 g/mol. The molecule has 0 radical (unpaired) electrons. The van der Waals surface area contributed by atoms with Crippen LogP contribution in [0.1, 0.15) is 46.0 Å². The molecule has 0 aromatic rings. The first kappa shape index (κ1) is 30.3. The van der Waals surface area contributed by atoms with Crippen molar-refractivity contribution >= 4 is 10.0 Å². The minimum Gasteiger partial charge on any atom is -0.633 e. The van der Waals surface area contributed by atoms with Crippen molar-refractivity contribution < 1.29 is 48.2 Å². The van der Waals surface area contributed by atoms with Crippen LogP contribution in [0.4, 0.5) is 35.1 Å². The summed E-state index contributed by atoms with van der Waals surface area (Å²) in [6, 6.07) is 0. The lowest BCUT2D eigenvalue weighted by atomic mass is 9.82. The molecular formula is C17H30F8N2O3S. The molecule has 0 bridgehead atoms. The van der Waals surface area contributed by atoms with E-state index >= 15 is 0 Å². The van der Waals surface area contributed by atoms with Crippen molar-refractivity contribution in [3.05, 3.63) is 5.21 Å². The van der Waals surface area contributed by atoms with Crippen LogP contribution in [0, 0.1) is 11.1 Å². The normalized spacial score (nSPS) is 19.0. The summed E-state index contributed by atoms with van der Waals surface area (Å²) in [4.78, 5) is 0. The Hall–Kier alpha value is -0.730. The predicted octanol–water partition coefficient (Wildman–Crippen LogP) is 4.63. The van der Waals surface area contributed by atoms with E-state index in [9.17, 15) is 48.7 Å². The Kier molecular flexibility index (Phi) is 10.2. The van der Waals surface area contributed by atoms with E-state index < -0.39 is 75.7 Å². The number of hydrogen-bond donors (Lipinski definition) is 1. The maximum Gasteiger partial charge on any atom is 0.422 e. The Morgan fingerprint density at radius 1 is 0.871 bits per heavy atom. The van der Waals surface area contributed by atoms with Gasteiger partial charge >= 0.3 is 12.4 Å². The van der Waals surface area contributed by atoms with Gasteiger partial charge in [-0.05, 0) is 45.4 Å². The van der Waals surface area contributed by atoms with Crippen LogP contribution in [0.3, 0.4) is 0 Å². The van der Waals surface area contributed by atoms with Gasteiger partial charge in [-0.3, -0.25) is 0 Å². The largest absolute Gasteiger partial charge is 0.633 e. The number of hydroxylamine groups is 3. The zero-order valence-electron chi connectivity index (χ0n) is 17.8. The summed E-state index contributed by atoms with van der Waals surface area (Å²) in [6.07, 6.45) is -14.4. The molecule has 188 valence electrons. The molecule has 0 rings (SSSR count). The van der Waals surface area contributed by atoms with Crippen LogP contribution in [0.15, 0.2) is 0 Å². The molecule has 31 heavy (non-hydrogen) atoms. The van der Waals surface area contributed by atoms with Crippen LogP contribution < -0.4 is 4.72 Å². The second kappa shape index (κ2) is 10.5. The third kappa shape index (κ3) is 11.6. The molecule has 0 heterocycles. The van der Waals surface area contributed by atoms with E-state index in [1.54, 1.807) is 0 Å². The first-order chi connectivity index (χ1) is 13.5. The van der Waals surface area contributed by atoms with Gasteiger partial charge in [-0.2, -0.15) is 26.3 Å². The number of nitrogens with zero attached hydrogens (tertiary/aromatic N) is 1. The highest BCUT2D eigenvalue weighted by Crippen LogP contribution is 2.45. The zero-order chi connectivity index (χ0) is 24.9. The van der Waals surface area contributed by atoms with Crippen LogP contribution in [0.25, 0.3) is 0 Å². The Morgan fingerprint density at radius 3 is 1.65 bits per heavy atom. The molecule has 2 atom stereocenters. The lowest BCUT2D eigenvalue weighted by Crippen LogP contribution is -2.43. The number of quaternary nitrogens is 1. The summed E-state index contributed by atoms with van der Waals surface area (Å²) in [6.45, 7) is 0.335. The molecule has 14 heteroatoms. The van der Waals surface area contributed by atoms with Gasteiger partial charge in [-0.25, -0.2) is 21.9 Å². The Morgan fingerprint density at radius 2 is 1.29 bits per heavy atom. The summed E-state index contributed by atoms with van der Waals surface area (Å²) < 4.78 is 130. The molecule has 0 saturated carbocycles. The van der Waals surface area contributed by atoms with Crippen LogP contribution >= 0.6 is 0 Å². The first-order valence-corrected chi connectivity index (χ1v) is 11.2. The Labute approximate surface area is 177 Å². The fraction of sp³-hybridized carbons (Fsp3) is 1.00. The van der Waals surface area contributed by atoms with Crippen molar-refractivity contribution in [2.75, 3.05) is 32.9 Å². The number of rotatable bonds is 13. The van der Waals surface area contributed by atoms with Gasteiger partial charge in [-0.15, -0.1) is 0 Å². The van der Waals surface area contributed by atoms with Gasteiger partial charge in [0.2, 0.25) is 21.4 Å². The van der Waals surface area contributed by atoms with Gasteiger partial charge in [0, 0.05) is 13.0 Å². The number of sulfonamides is 1. The van der Waals surface area contributed by atoms with E-state index in [4.69, 9.17) is 0 Å². The summed E-state index contributed by atoms with van der Waals surface area (Å²) >= 11 is 0. The number of hydrogen-bond acceptors (Lipinski definition) is 3. The standard InChI is InChI=1S/C17H30F8N2O3S/c1-14(18,16(20,21)22)11-13(12-15(2,19)17(23,24)25)7-5-10-31(29,30)26-8-6-9-27(3,4)28/h13,26H,5-12H2,1-4H3. The van der Waals surface area contributed by atoms with E-state index in [0.717, 1.165) is 0 Å². The summed E-state index contributed by atoms with van der Waals surface area (Å²) in [7, 11) is -1.22. The smallest absolute Gasteiger partial charge is 0.422 e. The van der Waals surface area contributed by atoms with E-state index in [1.165, 1.54) is 14.1 Å². The fourth-order valence-corrected chi connectivity index (χ4v) is 4.06. The average Bonchev–Trinajstić information content (AvgIpc) is 2.47. The van der Waals surface area contributed by atoms with Crippen molar-refractivity contribution in [1.29, 1.82) is 0 Å². The molecule has 0 amide bonds. The van der Waals surface area contributed by atoms with Crippen molar-refractivity contribution in [3.8, 4) is 0 Å². The van der Waals surface area contributed by atoms with Crippen molar-refractivity contribution in [1.82, 2.24) is 4.72 Å². The van der Waals surface area contributed by atoms with Crippen LogP contribution in [0.2, 0.25) is 0 Å². The first-order valence-electron chi connectivity index (χ1n) is 9.52. The lowest BCUT2D eigenvalue weighted by molar-refractivity contribution is -0.840. The minimum atomic E-state index is -5.38. The molecule has 2 unspecified atom stereocenters. The van der Waals surface area contributed by atoms with Crippen LogP contribution in [-0.2, 0) is 10.0 Å². The molecule has 0 aliphatic heterocycles. The van der Waals surface area contributed by atoms with Crippen molar-refractivity contribution in [3.63, 3.8) is 0 Å². The summed E-state index contributed by atoms with van der Waals surface area (Å²) in [5.74, 6) is -2.36. The monoisotopic (exact) mass is 494 g/mol. The molecular weight excluding hydrogens is 464 g/mol. The Balaban J connectivity index is 5.05. The zero-order valence-corrected chi connectivity index (χ0v) is 18.7. The van der Waals surface area contributed by atoms with Gasteiger partial charge in [0.25, 0.3) is 0 Å². The maximum absolute atomic E-state index is 14.0. The second-order valence-electron chi connectivity index (χ2n) is 8.67. The van der Waals surface area contributed by atoms with Gasteiger partial charge in [-0.1, -0.05) is 0 Å². The molecule has 0 saturated heterocycles. The van der Waals surface area contributed by atoms with E-state index in [-0.39, 0.29) is 33.4 Å². The highest BCUT2D eigenvalue weighted by molar-refractivity contribution is 7.89. The maximum atomic E-state index is 14.0. The molecule has 0 fully saturated rings. The van der Waals surface area contributed by atoms with Gasteiger partial charge in [0.1, 0.15) is 0 Å². The SMILES string of the molecule is CC(F)(CC(CCCS(=O)(=O)NCCC[N+](C)(C)[O-])CC(C)(F)C(F)(F)F)C(F)(F)F. The topological polar surface area (TPSA) is 69.2 Å². The van der Waals surface area contributed by atoms with E-state index in [1.807, 2.05) is 0 Å². The molecule has 0 aromatic carbocycles. The second-order valence-corrected chi connectivity index (χ2v) is 10.6. The quantitative estimate of drug-likeness (QED) is 0.176. The predicted molar refractivity (Wildman–Crippen MR) is 99.8 cm³/mol. The Bertz CT molecular complexity index is 628. The third-order valence-electron chi connectivity index (χ3n) is 4.75. The fourth-order valence-electron chi connectivity index (χ4n) is 2.91. The van der Waals surface area contributed by atoms with Gasteiger partial charge in [0.15, 0.2) is 0 Å². The molecule has 0 aromatic heterocycles. The van der Waals surface area contributed by atoms with Gasteiger partial charge < -0.3 is 9.85 Å². The van der Waals surface area contributed by atoms with Crippen molar-refractivity contribution in [2.45, 2.75) is 69.6 Å². The number of halogens is 8. The van der Waals surface area contributed by atoms with E-state index in [2.05, 4.69) is 4.72 Å². The minimum absolute atomic E-state index is 0.0804. The lowest BCUT2D eigenvalue weighted by Gasteiger charge is -2.33. The van der Waals surface area contributed by atoms with E-state index in [0.29, 0.717) is 0 Å². The molecule has 5 nitrogen and oxygen atoms in total. The molecule has 0 aliphatic carbocycles. The van der Waals surface area contributed by atoms with Crippen molar-refractivity contribution in [2.24, 2.45) is 5.92 Å². The summed E-state index contributed by atoms with van der Waals surface area (Å²) in [5.41, 5.74) is -7.72. The van der Waals surface area contributed by atoms with Crippen LogP contribution in [-0.4, -0.2) is 69.7 Å². The summed E-state index contributed by atoms with van der Waals surface area (Å²) in [5, 5.41) is 11.4. The molecule has 1 N–H and O–H groups in total.